The number of aryl methyl sites for hydroxylation is 1. The summed E-state index contributed by atoms with van der Waals surface area (Å²) in [5.41, 5.74) is 2.42. The predicted molar refractivity (Wildman–Crippen MR) is 80.1 cm³/mol. The lowest BCUT2D eigenvalue weighted by atomic mass is 10.2. The highest BCUT2D eigenvalue weighted by Crippen LogP contribution is 2.22. The molecule has 1 aromatic rings. The molecule has 0 atom stereocenters. The lowest BCUT2D eigenvalue weighted by molar-refractivity contribution is 0.719. The SMILES string of the molecule is Cc1ncccc1CNCCSC(C)(C)C.Cl. The number of halogens is 1. The maximum atomic E-state index is 4.27. The summed E-state index contributed by atoms with van der Waals surface area (Å²) in [5.74, 6) is 1.16. The van der Waals surface area contributed by atoms with Crippen molar-refractivity contribution >= 4 is 24.2 Å². The summed E-state index contributed by atoms with van der Waals surface area (Å²) < 4.78 is 0.367. The molecule has 0 radical (unpaired) electrons. The van der Waals surface area contributed by atoms with Gasteiger partial charge in [-0.05, 0) is 18.6 Å². The average molecular weight is 275 g/mol. The van der Waals surface area contributed by atoms with Gasteiger partial charge in [0.1, 0.15) is 0 Å². The number of aromatic nitrogens is 1. The van der Waals surface area contributed by atoms with E-state index in [9.17, 15) is 0 Å². The van der Waals surface area contributed by atoms with Crippen LogP contribution in [0.3, 0.4) is 0 Å². The van der Waals surface area contributed by atoms with Gasteiger partial charge in [-0.1, -0.05) is 26.8 Å². The largest absolute Gasteiger partial charge is 0.312 e. The molecule has 0 aliphatic heterocycles. The molecule has 1 N–H and O–H groups in total. The van der Waals surface area contributed by atoms with E-state index in [4.69, 9.17) is 0 Å². The maximum absolute atomic E-state index is 4.27. The minimum atomic E-state index is 0. The van der Waals surface area contributed by atoms with Crippen LogP contribution < -0.4 is 5.32 Å². The summed E-state index contributed by atoms with van der Waals surface area (Å²) in [7, 11) is 0. The van der Waals surface area contributed by atoms with Crippen LogP contribution in [0.15, 0.2) is 18.3 Å². The minimum Gasteiger partial charge on any atom is -0.312 e. The molecule has 1 heterocycles. The summed E-state index contributed by atoms with van der Waals surface area (Å²) in [6.45, 7) is 10.8. The Morgan fingerprint density at radius 2 is 2.06 bits per heavy atom. The van der Waals surface area contributed by atoms with E-state index in [1.807, 2.05) is 24.0 Å². The summed E-state index contributed by atoms with van der Waals surface area (Å²) in [5, 5.41) is 3.45. The molecule has 17 heavy (non-hydrogen) atoms. The molecule has 2 nitrogen and oxygen atoms in total. The van der Waals surface area contributed by atoms with Crippen LogP contribution >= 0.6 is 24.2 Å². The summed E-state index contributed by atoms with van der Waals surface area (Å²) in [4.78, 5) is 4.27. The van der Waals surface area contributed by atoms with Crippen molar-refractivity contribution in [2.24, 2.45) is 0 Å². The zero-order valence-corrected chi connectivity index (χ0v) is 12.8. The van der Waals surface area contributed by atoms with Gasteiger partial charge < -0.3 is 5.32 Å². The fraction of sp³-hybridized carbons (Fsp3) is 0.615. The highest BCUT2D eigenvalue weighted by molar-refractivity contribution is 8.00. The van der Waals surface area contributed by atoms with Gasteiger partial charge in [0.05, 0.1) is 0 Å². The van der Waals surface area contributed by atoms with E-state index >= 15 is 0 Å². The maximum Gasteiger partial charge on any atom is 0.0417 e. The fourth-order valence-corrected chi connectivity index (χ4v) is 2.22. The van der Waals surface area contributed by atoms with E-state index in [1.165, 1.54) is 5.56 Å². The summed E-state index contributed by atoms with van der Waals surface area (Å²) in [6, 6.07) is 4.13. The second-order valence-corrected chi connectivity index (χ2v) is 6.81. The van der Waals surface area contributed by atoms with Crippen LogP contribution in [-0.4, -0.2) is 22.0 Å². The average Bonchev–Trinajstić information content (AvgIpc) is 2.18. The van der Waals surface area contributed by atoms with Crippen molar-refractivity contribution in [2.45, 2.75) is 39.0 Å². The van der Waals surface area contributed by atoms with Gasteiger partial charge in [0.25, 0.3) is 0 Å². The third kappa shape index (κ3) is 7.63. The number of hydrogen-bond donors (Lipinski definition) is 1. The molecule has 0 bridgehead atoms. The highest BCUT2D eigenvalue weighted by atomic mass is 35.5. The molecule has 0 aliphatic rings. The van der Waals surface area contributed by atoms with Crippen molar-refractivity contribution in [2.75, 3.05) is 12.3 Å². The van der Waals surface area contributed by atoms with Gasteiger partial charge in [-0.3, -0.25) is 4.98 Å². The van der Waals surface area contributed by atoms with Crippen LogP contribution in [0.4, 0.5) is 0 Å². The van der Waals surface area contributed by atoms with E-state index in [1.54, 1.807) is 0 Å². The Labute approximate surface area is 115 Å². The first-order chi connectivity index (χ1) is 7.49. The van der Waals surface area contributed by atoms with Crippen molar-refractivity contribution in [3.05, 3.63) is 29.6 Å². The predicted octanol–water partition coefficient (Wildman–Crippen LogP) is 3.43. The molecule has 0 spiro atoms. The molecular weight excluding hydrogens is 252 g/mol. The number of nitrogens with one attached hydrogen (secondary N) is 1. The van der Waals surface area contributed by atoms with Gasteiger partial charge in [0.15, 0.2) is 0 Å². The Morgan fingerprint density at radius 1 is 1.35 bits per heavy atom. The topological polar surface area (TPSA) is 24.9 Å². The molecule has 0 amide bonds. The Morgan fingerprint density at radius 3 is 2.65 bits per heavy atom. The number of pyridine rings is 1. The molecule has 0 fully saturated rings. The van der Waals surface area contributed by atoms with Gasteiger partial charge >= 0.3 is 0 Å². The smallest absolute Gasteiger partial charge is 0.0417 e. The van der Waals surface area contributed by atoms with Gasteiger partial charge in [0.2, 0.25) is 0 Å². The van der Waals surface area contributed by atoms with Crippen LogP contribution in [-0.2, 0) is 6.54 Å². The lowest BCUT2D eigenvalue weighted by Crippen LogP contribution is -2.20. The molecule has 0 aliphatic carbocycles. The van der Waals surface area contributed by atoms with Gasteiger partial charge in [-0.2, -0.15) is 11.8 Å². The molecule has 0 aromatic carbocycles. The van der Waals surface area contributed by atoms with Crippen molar-refractivity contribution in [3.63, 3.8) is 0 Å². The summed E-state index contributed by atoms with van der Waals surface area (Å²) >= 11 is 1.99. The van der Waals surface area contributed by atoms with E-state index in [0.717, 1.165) is 24.5 Å². The standard InChI is InChI=1S/C13H22N2S.ClH/c1-11-12(6-5-7-15-11)10-14-8-9-16-13(2,3)4;/h5-7,14H,8-10H2,1-4H3;1H. The zero-order valence-electron chi connectivity index (χ0n) is 11.1. The molecule has 0 saturated heterocycles. The van der Waals surface area contributed by atoms with Crippen LogP contribution in [0.25, 0.3) is 0 Å². The summed E-state index contributed by atoms with van der Waals surface area (Å²) in [6.07, 6.45) is 1.84. The van der Waals surface area contributed by atoms with Gasteiger partial charge in [-0.25, -0.2) is 0 Å². The third-order valence-electron chi connectivity index (χ3n) is 2.25. The normalized spacial score (nSPS) is 11.1. The lowest BCUT2D eigenvalue weighted by Gasteiger charge is -2.17. The molecule has 4 heteroatoms. The first-order valence-corrected chi connectivity index (χ1v) is 6.73. The van der Waals surface area contributed by atoms with Crippen molar-refractivity contribution in [1.29, 1.82) is 0 Å². The molecule has 0 saturated carbocycles. The number of rotatable bonds is 5. The second kappa shape index (κ2) is 7.96. The first-order valence-electron chi connectivity index (χ1n) is 5.74. The zero-order chi connectivity index (χ0) is 12.0. The van der Waals surface area contributed by atoms with Crippen LogP contribution in [0, 0.1) is 6.92 Å². The van der Waals surface area contributed by atoms with Crippen molar-refractivity contribution in [3.8, 4) is 0 Å². The quantitative estimate of drug-likeness (QED) is 0.833. The van der Waals surface area contributed by atoms with Crippen LogP contribution in [0.1, 0.15) is 32.0 Å². The van der Waals surface area contributed by atoms with E-state index in [2.05, 4.69) is 44.1 Å². The number of hydrogen-bond acceptors (Lipinski definition) is 3. The Kier molecular flexibility index (Phi) is 7.84. The van der Waals surface area contributed by atoms with E-state index < -0.39 is 0 Å². The van der Waals surface area contributed by atoms with E-state index in [-0.39, 0.29) is 12.4 Å². The van der Waals surface area contributed by atoms with Crippen molar-refractivity contribution in [1.82, 2.24) is 10.3 Å². The Bertz CT molecular complexity index is 323. The second-order valence-electron chi connectivity index (χ2n) is 4.89. The first kappa shape index (κ1) is 16.8. The van der Waals surface area contributed by atoms with Crippen LogP contribution in [0.5, 0.6) is 0 Å². The number of nitrogens with zero attached hydrogens (tertiary/aromatic N) is 1. The van der Waals surface area contributed by atoms with Gasteiger partial charge in [0, 0.05) is 35.5 Å². The fourth-order valence-electron chi connectivity index (χ4n) is 1.36. The van der Waals surface area contributed by atoms with Crippen LogP contribution in [0.2, 0.25) is 0 Å². The Balaban J connectivity index is 0.00000256. The molecule has 1 aromatic heterocycles. The third-order valence-corrected chi connectivity index (χ3v) is 3.52. The van der Waals surface area contributed by atoms with Gasteiger partial charge in [-0.15, -0.1) is 12.4 Å². The van der Waals surface area contributed by atoms with E-state index in [0.29, 0.717) is 4.75 Å². The minimum absolute atomic E-state index is 0. The molecule has 98 valence electrons. The van der Waals surface area contributed by atoms with Crippen molar-refractivity contribution < 1.29 is 0 Å². The molecule has 0 unspecified atom stereocenters. The Hall–Kier alpha value is -0.250. The molecular formula is C13H23ClN2S. The number of thioether (sulfide) groups is 1. The highest BCUT2D eigenvalue weighted by Gasteiger charge is 2.09. The molecule has 1 rings (SSSR count). The monoisotopic (exact) mass is 274 g/mol.